The Kier molecular flexibility index (Phi) is 7.09. The molecular weight excluding hydrogens is 416 g/mol. The van der Waals surface area contributed by atoms with Gasteiger partial charge in [-0.15, -0.1) is 0 Å². The fraction of sp³-hybridized carbons (Fsp3) is 0.667. The minimum absolute atomic E-state index is 0.117. The predicted molar refractivity (Wildman–Crippen MR) is 122 cm³/mol. The van der Waals surface area contributed by atoms with Crippen LogP contribution in [0.3, 0.4) is 0 Å². The number of carbonyl (C=O) groups is 2. The third-order valence-electron chi connectivity index (χ3n) is 6.31. The molecule has 6 nitrogen and oxygen atoms in total. The van der Waals surface area contributed by atoms with Crippen molar-refractivity contribution in [2.45, 2.75) is 58.5 Å². The van der Waals surface area contributed by atoms with Crippen LogP contribution in [0.1, 0.15) is 63.2 Å². The second kappa shape index (κ2) is 9.27. The summed E-state index contributed by atoms with van der Waals surface area (Å²) in [5.41, 5.74) is 0.452. The zero-order valence-electron chi connectivity index (χ0n) is 19.4. The Labute approximate surface area is 190 Å². The molecule has 172 valence electrons. The van der Waals surface area contributed by atoms with Crippen LogP contribution in [0.5, 0.6) is 5.75 Å². The van der Waals surface area contributed by atoms with E-state index in [1.807, 2.05) is 25.7 Å². The number of hydrogen-bond acceptors (Lipinski definition) is 4. The molecule has 3 rings (SSSR count). The van der Waals surface area contributed by atoms with Gasteiger partial charge in [-0.1, -0.05) is 11.6 Å². The highest BCUT2D eigenvalue weighted by molar-refractivity contribution is 6.34. The topological polar surface area (TPSA) is 59.1 Å². The molecule has 7 heteroatoms. The van der Waals surface area contributed by atoms with Gasteiger partial charge in [-0.2, -0.15) is 0 Å². The Morgan fingerprint density at radius 2 is 1.90 bits per heavy atom. The molecule has 0 radical (unpaired) electrons. The highest BCUT2D eigenvalue weighted by Gasteiger charge is 2.54. The van der Waals surface area contributed by atoms with Crippen molar-refractivity contribution in [2.24, 2.45) is 11.3 Å². The SMILES string of the molecule is CN(C)C(=O)c1ccc(OCCCC2CC23CCN(C(=O)OC(C)(C)C)CC3)cc1Cl. The molecule has 1 saturated carbocycles. The summed E-state index contributed by atoms with van der Waals surface area (Å²) in [6, 6.07) is 5.23. The van der Waals surface area contributed by atoms with E-state index in [1.165, 1.54) is 11.3 Å². The normalized spacial score (nSPS) is 19.8. The van der Waals surface area contributed by atoms with Gasteiger partial charge in [-0.3, -0.25) is 4.79 Å². The smallest absolute Gasteiger partial charge is 0.410 e. The highest BCUT2D eigenvalue weighted by atomic mass is 35.5. The van der Waals surface area contributed by atoms with Gasteiger partial charge in [0.25, 0.3) is 5.91 Å². The van der Waals surface area contributed by atoms with Crippen LogP contribution in [0.2, 0.25) is 5.02 Å². The lowest BCUT2D eigenvalue weighted by atomic mass is 9.90. The van der Waals surface area contributed by atoms with Crippen molar-refractivity contribution in [1.82, 2.24) is 9.80 Å². The summed E-state index contributed by atoms with van der Waals surface area (Å²) < 4.78 is 11.3. The van der Waals surface area contributed by atoms with Crippen molar-refractivity contribution < 1.29 is 19.1 Å². The number of rotatable bonds is 6. The van der Waals surface area contributed by atoms with Crippen LogP contribution in [0, 0.1) is 11.3 Å². The molecule has 1 atom stereocenters. The van der Waals surface area contributed by atoms with E-state index in [1.54, 1.807) is 32.3 Å². The van der Waals surface area contributed by atoms with Gasteiger partial charge in [-0.05, 0) is 82.4 Å². The second-order valence-corrected chi connectivity index (χ2v) is 10.5. The molecule has 1 unspecified atom stereocenters. The fourth-order valence-electron chi connectivity index (χ4n) is 4.43. The van der Waals surface area contributed by atoms with Gasteiger partial charge in [0.2, 0.25) is 0 Å². The van der Waals surface area contributed by atoms with Crippen LogP contribution in [0.15, 0.2) is 18.2 Å². The van der Waals surface area contributed by atoms with Gasteiger partial charge in [0.15, 0.2) is 0 Å². The van der Waals surface area contributed by atoms with Gasteiger partial charge < -0.3 is 19.3 Å². The number of piperidine rings is 1. The van der Waals surface area contributed by atoms with Gasteiger partial charge in [-0.25, -0.2) is 4.79 Å². The number of ether oxygens (including phenoxy) is 2. The first-order valence-corrected chi connectivity index (χ1v) is 11.5. The van der Waals surface area contributed by atoms with Crippen molar-refractivity contribution in [2.75, 3.05) is 33.8 Å². The molecule has 0 bridgehead atoms. The molecule has 0 N–H and O–H groups in total. The quantitative estimate of drug-likeness (QED) is 0.556. The molecule has 1 aliphatic heterocycles. The highest BCUT2D eigenvalue weighted by Crippen LogP contribution is 2.61. The van der Waals surface area contributed by atoms with Crippen LogP contribution >= 0.6 is 11.6 Å². The number of amides is 2. The Bertz CT molecular complexity index is 810. The maximum Gasteiger partial charge on any atom is 0.410 e. The van der Waals surface area contributed by atoms with Crippen LogP contribution in [0.4, 0.5) is 4.79 Å². The number of nitrogens with zero attached hydrogens (tertiary/aromatic N) is 2. The molecule has 2 fully saturated rings. The summed E-state index contributed by atoms with van der Waals surface area (Å²) in [6.45, 7) is 7.92. The standard InChI is InChI=1S/C24H35ClN2O4/c1-23(2,3)31-22(29)27-12-10-24(11-13-27)16-17(24)7-6-14-30-18-8-9-19(20(25)15-18)21(28)26(4)5/h8-9,15,17H,6-7,10-14,16H2,1-5H3. The maximum absolute atomic E-state index is 12.2. The summed E-state index contributed by atoms with van der Waals surface area (Å²) in [7, 11) is 3.41. The van der Waals surface area contributed by atoms with Crippen LogP contribution in [-0.2, 0) is 4.74 Å². The average molecular weight is 451 g/mol. The maximum atomic E-state index is 12.2. The molecule has 1 saturated heterocycles. The van der Waals surface area contributed by atoms with Gasteiger partial charge in [0.1, 0.15) is 11.4 Å². The number of benzene rings is 1. The third kappa shape index (κ3) is 6.06. The van der Waals surface area contributed by atoms with Crippen molar-refractivity contribution in [3.05, 3.63) is 28.8 Å². The van der Waals surface area contributed by atoms with Crippen molar-refractivity contribution in [1.29, 1.82) is 0 Å². The van der Waals surface area contributed by atoms with Gasteiger partial charge >= 0.3 is 6.09 Å². The molecule has 1 aromatic rings. The third-order valence-corrected chi connectivity index (χ3v) is 6.63. The Morgan fingerprint density at radius 3 is 2.48 bits per heavy atom. The second-order valence-electron chi connectivity index (χ2n) is 10.1. The number of halogens is 1. The zero-order chi connectivity index (χ0) is 22.8. The lowest BCUT2D eigenvalue weighted by Crippen LogP contribution is -2.42. The first-order valence-electron chi connectivity index (χ1n) is 11.1. The number of likely N-dealkylation sites (tertiary alicyclic amines) is 1. The summed E-state index contributed by atoms with van der Waals surface area (Å²) in [5, 5.41) is 0.411. The van der Waals surface area contributed by atoms with E-state index in [4.69, 9.17) is 21.1 Å². The predicted octanol–water partition coefficient (Wildman–Crippen LogP) is 5.24. The minimum atomic E-state index is -0.444. The lowest BCUT2D eigenvalue weighted by molar-refractivity contribution is 0.0164. The van der Waals surface area contributed by atoms with E-state index < -0.39 is 5.60 Å². The average Bonchev–Trinajstić information content (AvgIpc) is 3.35. The van der Waals surface area contributed by atoms with Crippen molar-refractivity contribution in [3.63, 3.8) is 0 Å². The minimum Gasteiger partial charge on any atom is -0.494 e. The zero-order valence-corrected chi connectivity index (χ0v) is 20.1. The molecule has 2 aliphatic rings. The first-order chi connectivity index (χ1) is 14.5. The molecule has 1 aromatic carbocycles. The summed E-state index contributed by atoms with van der Waals surface area (Å²) >= 11 is 6.24. The molecule has 1 spiro atoms. The molecular formula is C24H35ClN2O4. The Balaban J connectivity index is 1.37. The Morgan fingerprint density at radius 1 is 1.23 bits per heavy atom. The van der Waals surface area contributed by atoms with E-state index in [-0.39, 0.29) is 12.0 Å². The molecule has 1 aliphatic carbocycles. The number of carbonyl (C=O) groups excluding carboxylic acids is 2. The van der Waals surface area contributed by atoms with Gasteiger partial charge in [0.05, 0.1) is 17.2 Å². The van der Waals surface area contributed by atoms with Crippen LogP contribution in [-0.4, -0.2) is 61.2 Å². The summed E-state index contributed by atoms with van der Waals surface area (Å²) in [6.07, 6.45) is 5.31. The number of hydrogen-bond donors (Lipinski definition) is 0. The Hall–Kier alpha value is -1.95. The molecule has 31 heavy (non-hydrogen) atoms. The summed E-state index contributed by atoms with van der Waals surface area (Å²) in [5.74, 6) is 1.30. The van der Waals surface area contributed by atoms with Crippen LogP contribution in [0.25, 0.3) is 0 Å². The van der Waals surface area contributed by atoms with E-state index in [0.29, 0.717) is 28.4 Å². The summed E-state index contributed by atoms with van der Waals surface area (Å²) in [4.78, 5) is 27.7. The van der Waals surface area contributed by atoms with E-state index in [2.05, 4.69) is 0 Å². The van der Waals surface area contributed by atoms with Crippen molar-refractivity contribution >= 4 is 23.6 Å². The van der Waals surface area contributed by atoms with E-state index in [0.717, 1.165) is 44.7 Å². The monoisotopic (exact) mass is 450 g/mol. The van der Waals surface area contributed by atoms with E-state index in [9.17, 15) is 9.59 Å². The first kappa shape index (κ1) is 23.7. The lowest BCUT2D eigenvalue weighted by Gasteiger charge is -2.34. The molecule has 2 amide bonds. The van der Waals surface area contributed by atoms with Crippen molar-refractivity contribution in [3.8, 4) is 5.75 Å². The van der Waals surface area contributed by atoms with Gasteiger partial charge in [0, 0.05) is 27.2 Å². The largest absolute Gasteiger partial charge is 0.494 e. The fourth-order valence-corrected chi connectivity index (χ4v) is 4.68. The van der Waals surface area contributed by atoms with E-state index >= 15 is 0 Å². The van der Waals surface area contributed by atoms with Crippen LogP contribution < -0.4 is 4.74 Å². The molecule has 1 heterocycles. The molecule has 0 aromatic heterocycles.